The van der Waals surface area contributed by atoms with Gasteiger partial charge in [0.2, 0.25) is 11.8 Å². The summed E-state index contributed by atoms with van der Waals surface area (Å²) in [5, 5.41) is 9.16. The molecule has 1 aromatic heterocycles. The highest BCUT2D eigenvalue weighted by molar-refractivity contribution is 5.57. The number of nitrogens with zero attached hydrogens (tertiary/aromatic N) is 3. The lowest BCUT2D eigenvalue weighted by Gasteiger charge is -2.18. The van der Waals surface area contributed by atoms with Crippen LogP contribution in [0, 0.1) is 18.3 Å². The summed E-state index contributed by atoms with van der Waals surface area (Å²) < 4.78 is 5.88. The molecule has 3 rings (SSSR count). The minimum Gasteiger partial charge on any atom is -0.420 e. The van der Waals surface area contributed by atoms with Crippen molar-refractivity contribution in [2.75, 3.05) is 11.4 Å². The van der Waals surface area contributed by atoms with E-state index in [0.29, 0.717) is 5.89 Å². The number of hydrogen-bond acceptors (Lipinski definition) is 4. The highest BCUT2D eigenvalue weighted by Gasteiger charge is 2.29. The molecule has 0 bridgehead atoms. The fourth-order valence-corrected chi connectivity index (χ4v) is 2.50. The molecule has 0 radical (unpaired) electrons. The normalized spacial score (nSPS) is 18.5. The van der Waals surface area contributed by atoms with E-state index in [-0.39, 0.29) is 6.04 Å². The van der Waals surface area contributed by atoms with Gasteiger partial charge in [0.05, 0.1) is 6.07 Å². The third-order valence-corrected chi connectivity index (χ3v) is 3.46. The van der Waals surface area contributed by atoms with Crippen LogP contribution in [0.5, 0.6) is 0 Å². The molecule has 1 atom stereocenters. The Balaban J connectivity index is 1.97. The smallest absolute Gasteiger partial charge is 0.228 e. The van der Waals surface area contributed by atoms with Gasteiger partial charge in [-0.3, -0.25) is 0 Å². The van der Waals surface area contributed by atoms with Crippen LogP contribution < -0.4 is 4.90 Å². The van der Waals surface area contributed by atoms with Crippen LogP contribution in [0.1, 0.15) is 18.5 Å². The van der Waals surface area contributed by atoms with Crippen LogP contribution in [0.4, 0.5) is 5.88 Å². The maximum atomic E-state index is 9.16. The first-order chi connectivity index (χ1) is 9.29. The van der Waals surface area contributed by atoms with Crippen molar-refractivity contribution < 1.29 is 4.42 Å². The lowest BCUT2D eigenvalue weighted by atomic mass is 10.2. The van der Waals surface area contributed by atoms with E-state index in [9.17, 15) is 0 Å². The molecule has 2 aromatic rings. The van der Waals surface area contributed by atoms with Crippen molar-refractivity contribution in [2.45, 2.75) is 25.8 Å². The summed E-state index contributed by atoms with van der Waals surface area (Å²) in [4.78, 5) is 6.50. The fraction of sp³-hybridized carbons (Fsp3) is 0.333. The van der Waals surface area contributed by atoms with Crippen LogP contribution >= 0.6 is 0 Å². The van der Waals surface area contributed by atoms with Gasteiger partial charge in [0.1, 0.15) is 11.7 Å². The molecule has 1 unspecified atom stereocenters. The summed E-state index contributed by atoms with van der Waals surface area (Å²) in [5.74, 6) is 1.36. The number of anilines is 1. The lowest BCUT2D eigenvalue weighted by Crippen LogP contribution is -2.27. The first-order valence-corrected chi connectivity index (χ1v) is 6.48. The van der Waals surface area contributed by atoms with Crippen LogP contribution in [-0.4, -0.2) is 17.6 Å². The van der Waals surface area contributed by atoms with Crippen LogP contribution in [0.3, 0.4) is 0 Å². The first-order valence-electron chi connectivity index (χ1n) is 6.48. The molecular weight excluding hydrogens is 238 g/mol. The Bertz CT molecular complexity index is 612. The Labute approximate surface area is 112 Å². The van der Waals surface area contributed by atoms with E-state index in [1.165, 1.54) is 0 Å². The highest BCUT2D eigenvalue weighted by atomic mass is 16.4. The summed E-state index contributed by atoms with van der Waals surface area (Å²) >= 11 is 0. The second-order valence-electron chi connectivity index (χ2n) is 4.76. The van der Waals surface area contributed by atoms with Crippen LogP contribution in [-0.2, 0) is 0 Å². The van der Waals surface area contributed by atoms with Gasteiger partial charge in [0.25, 0.3) is 0 Å². The highest BCUT2D eigenvalue weighted by Crippen LogP contribution is 2.32. The second-order valence-corrected chi connectivity index (χ2v) is 4.76. The summed E-state index contributed by atoms with van der Waals surface area (Å²) in [6.45, 7) is 2.79. The van der Waals surface area contributed by atoms with Crippen molar-refractivity contribution in [1.82, 2.24) is 4.98 Å². The van der Waals surface area contributed by atoms with Crippen molar-refractivity contribution in [3.63, 3.8) is 0 Å². The van der Waals surface area contributed by atoms with Crippen molar-refractivity contribution in [1.29, 1.82) is 5.26 Å². The summed E-state index contributed by atoms with van der Waals surface area (Å²) in [6.07, 6.45) is 1.93. The van der Waals surface area contributed by atoms with Gasteiger partial charge in [0, 0.05) is 12.1 Å². The third-order valence-electron chi connectivity index (χ3n) is 3.46. The molecule has 2 heterocycles. The molecule has 0 spiro atoms. The average molecular weight is 253 g/mol. The van der Waals surface area contributed by atoms with Crippen LogP contribution in [0.2, 0.25) is 0 Å². The van der Waals surface area contributed by atoms with Gasteiger partial charge in [-0.15, -0.1) is 0 Å². The largest absolute Gasteiger partial charge is 0.420 e. The van der Waals surface area contributed by atoms with Gasteiger partial charge in [-0.25, -0.2) is 4.98 Å². The Hall–Kier alpha value is -2.28. The molecular formula is C15H15N3O. The van der Waals surface area contributed by atoms with Gasteiger partial charge in [-0.05, 0) is 31.9 Å². The zero-order chi connectivity index (χ0) is 13.2. The van der Waals surface area contributed by atoms with Crippen LogP contribution in [0.25, 0.3) is 11.5 Å². The van der Waals surface area contributed by atoms with E-state index in [2.05, 4.69) is 11.1 Å². The van der Waals surface area contributed by atoms with Crippen LogP contribution in [0.15, 0.2) is 34.7 Å². The van der Waals surface area contributed by atoms with E-state index in [1.807, 2.05) is 42.2 Å². The Morgan fingerprint density at radius 2 is 2.16 bits per heavy atom. The number of rotatable bonds is 2. The number of aryl methyl sites for hydroxylation is 1. The minimum atomic E-state index is -0.0877. The first kappa shape index (κ1) is 11.8. The molecule has 0 saturated carbocycles. The fourth-order valence-electron chi connectivity index (χ4n) is 2.50. The van der Waals surface area contributed by atoms with Gasteiger partial charge >= 0.3 is 0 Å². The molecule has 19 heavy (non-hydrogen) atoms. The maximum Gasteiger partial charge on any atom is 0.228 e. The number of nitriles is 1. The van der Waals surface area contributed by atoms with Crippen molar-refractivity contribution >= 4 is 5.88 Å². The molecule has 1 aliphatic heterocycles. The quantitative estimate of drug-likeness (QED) is 0.825. The van der Waals surface area contributed by atoms with Crippen molar-refractivity contribution in [2.24, 2.45) is 0 Å². The number of oxazole rings is 1. The van der Waals surface area contributed by atoms with Gasteiger partial charge < -0.3 is 9.32 Å². The van der Waals surface area contributed by atoms with Gasteiger partial charge in [-0.1, -0.05) is 18.2 Å². The number of benzene rings is 1. The van der Waals surface area contributed by atoms with E-state index in [4.69, 9.17) is 9.68 Å². The molecule has 1 fully saturated rings. The molecule has 0 amide bonds. The van der Waals surface area contributed by atoms with Crippen molar-refractivity contribution in [3.8, 4) is 17.5 Å². The molecule has 4 nitrogen and oxygen atoms in total. The Morgan fingerprint density at radius 3 is 2.89 bits per heavy atom. The zero-order valence-corrected chi connectivity index (χ0v) is 10.8. The zero-order valence-electron chi connectivity index (χ0n) is 10.8. The van der Waals surface area contributed by atoms with E-state index in [0.717, 1.165) is 36.5 Å². The number of hydrogen-bond donors (Lipinski definition) is 0. The summed E-state index contributed by atoms with van der Waals surface area (Å²) in [5.41, 5.74) is 1.81. The molecule has 0 aliphatic carbocycles. The third kappa shape index (κ3) is 2.08. The predicted molar refractivity (Wildman–Crippen MR) is 72.7 cm³/mol. The maximum absolute atomic E-state index is 9.16. The minimum absolute atomic E-state index is 0.0877. The molecule has 0 N–H and O–H groups in total. The van der Waals surface area contributed by atoms with E-state index in [1.54, 1.807) is 0 Å². The topological polar surface area (TPSA) is 53.1 Å². The van der Waals surface area contributed by atoms with Gasteiger partial charge in [-0.2, -0.15) is 5.26 Å². The van der Waals surface area contributed by atoms with Gasteiger partial charge in [0.15, 0.2) is 0 Å². The molecule has 96 valence electrons. The average Bonchev–Trinajstić information content (AvgIpc) is 3.05. The lowest BCUT2D eigenvalue weighted by molar-refractivity contribution is 0.554. The predicted octanol–water partition coefficient (Wildman–Crippen LogP) is 3.14. The monoisotopic (exact) mass is 253 g/mol. The van der Waals surface area contributed by atoms with E-state index >= 15 is 0 Å². The summed E-state index contributed by atoms with van der Waals surface area (Å²) in [6, 6.07) is 12.1. The molecule has 4 heteroatoms. The Morgan fingerprint density at radius 1 is 1.37 bits per heavy atom. The van der Waals surface area contributed by atoms with E-state index < -0.39 is 0 Å². The Kier molecular flexibility index (Phi) is 2.96. The molecule has 1 saturated heterocycles. The second kappa shape index (κ2) is 4.77. The number of aromatic nitrogens is 1. The summed E-state index contributed by atoms with van der Waals surface area (Å²) in [7, 11) is 0. The SMILES string of the molecule is Cc1nc(-c2ccccc2)oc1N1CCCC1C#N. The molecule has 1 aromatic carbocycles. The standard InChI is InChI=1S/C15H15N3O/c1-11-15(18-9-5-8-13(18)10-16)19-14(17-11)12-6-3-2-4-7-12/h2-4,6-7,13H,5,8-9H2,1H3. The molecule has 1 aliphatic rings. The van der Waals surface area contributed by atoms with Crippen molar-refractivity contribution in [3.05, 3.63) is 36.0 Å².